The van der Waals surface area contributed by atoms with Crippen LogP contribution in [0, 0.1) is 6.92 Å². The van der Waals surface area contributed by atoms with Gasteiger partial charge in [0, 0.05) is 22.1 Å². The first kappa shape index (κ1) is 17.8. The molecule has 4 rings (SSSR count). The Kier molecular flexibility index (Phi) is 5.01. The molecule has 0 saturated carbocycles. The van der Waals surface area contributed by atoms with Gasteiger partial charge in [-0.3, -0.25) is 4.79 Å². The van der Waals surface area contributed by atoms with E-state index in [1.54, 1.807) is 17.8 Å². The third kappa shape index (κ3) is 3.91. The fraction of sp³-hybridized carbons (Fsp3) is 0.150. The second-order valence-corrected chi connectivity index (χ2v) is 7.58. The molecule has 0 saturated heterocycles. The maximum absolute atomic E-state index is 12.9. The summed E-state index contributed by atoms with van der Waals surface area (Å²) in [4.78, 5) is 13.9. The quantitative estimate of drug-likeness (QED) is 0.457. The van der Waals surface area contributed by atoms with Gasteiger partial charge in [-0.1, -0.05) is 47.1 Å². The smallest absolute Gasteiger partial charge is 0.275 e. The summed E-state index contributed by atoms with van der Waals surface area (Å²) in [5.74, 6) is 1.39. The van der Waals surface area contributed by atoms with Gasteiger partial charge in [0.2, 0.25) is 0 Å². The molecule has 0 spiro atoms. The highest BCUT2D eigenvalue weighted by atomic mass is 35.5. The SMILES string of the molecule is Cc1cc(Cn2nc(Cl)c3ccc(SCc4ccccc4)cc3c2=O)on1. The molecular formula is C20H16ClN3O2S. The predicted molar refractivity (Wildman–Crippen MR) is 107 cm³/mol. The number of aromatic nitrogens is 3. The van der Waals surface area contributed by atoms with Crippen molar-refractivity contribution in [2.24, 2.45) is 0 Å². The minimum Gasteiger partial charge on any atom is -0.359 e. The van der Waals surface area contributed by atoms with E-state index in [1.165, 1.54) is 10.2 Å². The van der Waals surface area contributed by atoms with Crippen LogP contribution in [-0.2, 0) is 12.3 Å². The van der Waals surface area contributed by atoms with Crippen molar-refractivity contribution in [2.75, 3.05) is 0 Å². The lowest BCUT2D eigenvalue weighted by Crippen LogP contribution is -2.23. The molecule has 0 aliphatic carbocycles. The third-order valence-corrected chi connectivity index (χ3v) is 5.46. The fourth-order valence-electron chi connectivity index (χ4n) is 2.80. The van der Waals surface area contributed by atoms with Crippen molar-refractivity contribution in [3.63, 3.8) is 0 Å². The number of benzene rings is 2. The molecule has 27 heavy (non-hydrogen) atoms. The molecule has 0 atom stereocenters. The van der Waals surface area contributed by atoms with Crippen LogP contribution in [0.2, 0.25) is 5.15 Å². The van der Waals surface area contributed by atoms with Gasteiger partial charge in [-0.2, -0.15) is 5.10 Å². The highest BCUT2D eigenvalue weighted by Crippen LogP contribution is 2.27. The van der Waals surface area contributed by atoms with Crippen molar-refractivity contribution in [3.05, 3.63) is 87.1 Å². The summed E-state index contributed by atoms with van der Waals surface area (Å²) >= 11 is 7.98. The summed E-state index contributed by atoms with van der Waals surface area (Å²) in [6, 6.07) is 17.7. The first-order chi connectivity index (χ1) is 13.1. The molecule has 2 aromatic heterocycles. The van der Waals surface area contributed by atoms with Gasteiger partial charge in [0.25, 0.3) is 5.56 Å². The van der Waals surface area contributed by atoms with Crippen LogP contribution >= 0.6 is 23.4 Å². The largest absolute Gasteiger partial charge is 0.359 e. The van der Waals surface area contributed by atoms with E-state index in [2.05, 4.69) is 22.4 Å². The second kappa shape index (κ2) is 7.58. The average Bonchev–Trinajstić information content (AvgIpc) is 3.09. The van der Waals surface area contributed by atoms with Gasteiger partial charge in [-0.25, -0.2) is 4.68 Å². The summed E-state index contributed by atoms with van der Waals surface area (Å²) in [6.07, 6.45) is 0. The second-order valence-electron chi connectivity index (χ2n) is 6.17. The van der Waals surface area contributed by atoms with Crippen LogP contribution < -0.4 is 5.56 Å². The number of rotatable bonds is 5. The standard InChI is InChI=1S/C20H16ClN3O2S/c1-13-9-15(26-23-13)11-24-20(25)18-10-16(7-8-17(18)19(21)22-24)27-12-14-5-3-2-4-6-14/h2-10H,11-12H2,1H3. The fourth-order valence-corrected chi connectivity index (χ4v) is 3.95. The summed E-state index contributed by atoms with van der Waals surface area (Å²) in [5.41, 5.74) is 1.78. The number of aryl methyl sites for hydroxylation is 1. The maximum atomic E-state index is 12.9. The zero-order valence-corrected chi connectivity index (χ0v) is 16.1. The molecule has 7 heteroatoms. The van der Waals surface area contributed by atoms with Gasteiger partial charge >= 0.3 is 0 Å². The minimum atomic E-state index is -0.203. The Balaban J connectivity index is 1.66. The first-order valence-corrected chi connectivity index (χ1v) is 9.76. The minimum absolute atomic E-state index is 0.191. The predicted octanol–water partition coefficient (Wildman–Crippen LogP) is 4.69. The van der Waals surface area contributed by atoms with E-state index in [4.69, 9.17) is 16.1 Å². The molecule has 2 aromatic carbocycles. The van der Waals surface area contributed by atoms with Gasteiger partial charge in [-0.05, 0) is 30.7 Å². The van der Waals surface area contributed by atoms with Gasteiger partial charge in [0.05, 0.1) is 11.1 Å². The van der Waals surface area contributed by atoms with E-state index in [0.29, 0.717) is 21.7 Å². The van der Waals surface area contributed by atoms with Crippen LogP contribution in [0.3, 0.4) is 0 Å². The van der Waals surface area contributed by atoms with Gasteiger partial charge in [0.1, 0.15) is 6.54 Å². The number of nitrogens with zero attached hydrogens (tertiary/aromatic N) is 3. The monoisotopic (exact) mass is 397 g/mol. The van der Waals surface area contributed by atoms with E-state index in [0.717, 1.165) is 16.3 Å². The Morgan fingerprint density at radius 2 is 1.93 bits per heavy atom. The van der Waals surface area contributed by atoms with E-state index in [1.807, 2.05) is 43.3 Å². The Hall–Kier alpha value is -2.57. The van der Waals surface area contributed by atoms with E-state index in [9.17, 15) is 4.79 Å². The molecule has 0 aliphatic heterocycles. The molecule has 5 nitrogen and oxygen atoms in total. The molecule has 0 unspecified atom stereocenters. The lowest BCUT2D eigenvalue weighted by molar-refractivity contribution is 0.366. The molecule has 0 radical (unpaired) electrons. The Morgan fingerprint density at radius 3 is 2.67 bits per heavy atom. The van der Waals surface area contributed by atoms with Gasteiger partial charge < -0.3 is 4.52 Å². The Bertz CT molecular complexity index is 1160. The number of halogens is 1. The normalized spacial score (nSPS) is 11.2. The highest BCUT2D eigenvalue weighted by molar-refractivity contribution is 7.98. The zero-order valence-electron chi connectivity index (χ0n) is 14.6. The van der Waals surface area contributed by atoms with Crippen molar-refractivity contribution in [1.82, 2.24) is 14.9 Å². The molecule has 0 fully saturated rings. The third-order valence-electron chi connectivity index (χ3n) is 4.12. The van der Waals surface area contributed by atoms with Crippen LogP contribution in [0.5, 0.6) is 0 Å². The van der Waals surface area contributed by atoms with Gasteiger partial charge in [-0.15, -0.1) is 11.8 Å². The molecule has 2 heterocycles. The first-order valence-electron chi connectivity index (χ1n) is 8.39. The van der Waals surface area contributed by atoms with Crippen LogP contribution in [-0.4, -0.2) is 14.9 Å². The highest BCUT2D eigenvalue weighted by Gasteiger charge is 2.12. The van der Waals surface area contributed by atoms with Crippen LogP contribution in [0.15, 0.2) is 68.8 Å². The molecular weight excluding hydrogens is 382 g/mol. The number of hydrogen-bond acceptors (Lipinski definition) is 5. The topological polar surface area (TPSA) is 60.9 Å². The summed E-state index contributed by atoms with van der Waals surface area (Å²) in [6.45, 7) is 2.02. The van der Waals surface area contributed by atoms with E-state index < -0.39 is 0 Å². The molecule has 136 valence electrons. The summed E-state index contributed by atoms with van der Waals surface area (Å²) < 4.78 is 6.51. The van der Waals surface area contributed by atoms with Gasteiger partial charge in [0.15, 0.2) is 10.9 Å². The zero-order chi connectivity index (χ0) is 18.8. The summed E-state index contributed by atoms with van der Waals surface area (Å²) in [5, 5.41) is 9.53. The van der Waals surface area contributed by atoms with E-state index >= 15 is 0 Å². The molecule has 0 N–H and O–H groups in total. The molecule has 0 amide bonds. The van der Waals surface area contributed by atoms with Crippen molar-refractivity contribution in [2.45, 2.75) is 24.1 Å². The number of thioether (sulfide) groups is 1. The van der Waals surface area contributed by atoms with E-state index in [-0.39, 0.29) is 12.1 Å². The van der Waals surface area contributed by atoms with Crippen LogP contribution in [0.4, 0.5) is 0 Å². The van der Waals surface area contributed by atoms with Crippen LogP contribution in [0.25, 0.3) is 10.8 Å². The van der Waals surface area contributed by atoms with Crippen molar-refractivity contribution in [3.8, 4) is 0 Å². The van der Waals surface area contributed by atoms with Crippen LogP contribution in [0.1, 0.15) is 17.0 Å². The molecule has 0 bridgehead atoms. The van der Waals surface area contributed by atoms with Crippen molar-refractivity contribution < 1.29 is 4.52 Å². The number of fused-ring (bicyclic) bond motifs is 1. The number of hydrogen-bond donors (Lipinski definition) is 0. The lowest BCUT2D eigenvalue weighted by atomic mass is 10.2. The lowest BCUT2D eigenvalue weighted by Gasteiger charge is -2.08. The maximum Gasteiger partial charge on any atom is 0.275 e. The Morgan fingerprint density at radius 1 is 1.11 bits per heavy atom. The van der Waals surface area contributed by atoms with Crippen molar-refractivity contribution in [1.29, 1.82) is 0 Å². The molecule has 0 aliphatic rings. The summed E-state index contributed by atoms with van der Waals surface area (Å²) in [7, 11) is 0. The van der Waals surface area contributed by atoms with Crippen molar-refractivity contribution >= 4 is 34.1 Å². The Labute approximate surface area is 164 Å². The average molecular weight is 398 g/mol. The molecule has 4 aromatic rings.